The average Bonchev–Trinajstić information content (AvgIpc) is 2.95. The van der Waals surface area contributed by atoms with Crippen molar-refractivity contribution in [2.75, 3.05) is 28.4 Å². The van der Waals surface area contributed by atoms with Gasteiger partial charge in [-0.15, -0.1) is 0 Å². The van der Waals surface area contributed by atoms with Crippen LogP contribution in [0, 0.1) is 0 Å². The molecule has 0 aliphatic rings. The summed E-state index contributed by atoms with van der Waals surface area (Å²) in [7, 11) is 5.94. The quantitative estimate of drug-likeness (QED) is 0.198. The molecular formula is C31H32O8. The summed E-state index contributed by atoms with van der Waals surface area (Å²) in [5.41, 5.74) is 2.35. The van der Waals surface area contributed by atoms with Crippen LogP contribution in [0.4, 0.5) is 0 Å². The van der Waals surface area contributed by atoms with Gasteiger partial charge >= 0.3 is 0 Å². The molecular weight excluding hydrogens is 500 g/mol. The van der Waals surface area contributed by atoms with Crippen molar-refractivity contribution in [2.24, 2.45) is 0 Å². The fraction of sp³-hybridized carbons (Fsp3) is 0.226. The molecule has 0 radical (unpaired) electrons. The molecule has 4 aromatic carbocycles. The van der Waals surface area contributed by atoms with Crippen molar-refractivity contribution in [2.45, 2.75) is 18.3 Å². The van der Waals surface area contributed by atoms with E-state index in [1.165, 1.54) is 28.4 Å². The minimum absolute atomic E-state index is 0.00926. The number of methoxy groups -OCH3 is 4. The summed E-state index contributed by atoms with van der Waals surface area (Å²) >= 11 is 0. The Kier molecular flexibility index (Phi) is 7.95. The number of phenols is 4. The number of hydrogen-bond donors (Lipinski definition) is 4. The van der Waals surface area contributed by atoms with Gasteiger partial charge in [0.1, 0.15) is 0 Å². The molecule has 0 heterocycles. The Hall–Kier alpha value is -4.72. The third-order valence-electron chi connectivity index (χ3n) is 7.05. The molecule has 8 nitrogen and oxygen atoms in total. The van der Waals surface area contributed by atoms with Gasteiger partial charge in [-0.3, -0.25) is 0 Å². The molecule has 4 N–H and O–H groups in total. The van der Waals surface area contributed by atoms with Crippen molar-refractivity contribution in [1.82, 2.24) is 0 Å². The van der Waals surface area contributed by atoms with Crippen molar-refractivity contribution in [3.8, 4) is 46.0 Å². The second-order valence-corrected chi connectivity index (χ2v) is 9.07. The predicted octanol–water partition coefficient (Wildman–Crippen LogP) is 5.51. The first-order chi connectivity index (χ1) is 18.8. The summed E-state index contributed by atoms with van der Waals surface area (Å²) in [5.74, 6) is 1.25. The second kappa shape index (κ2) is 11.3. The highest BCUT2D eigenvalue weighted by Gasteiger charge is 2.38. The highest BCUT2D eigenvalue weighted by atomic mass is 16.5. The Morgan fingerprint density at radius 3 is 1.18 bits per heavy atom. The topological polar surface area (TPSA) is 118 Å². The Bertz CT molecular complexity index is 1330. The van der Waals surface area contributed by atoms with E-state index in [0.717, 1.165) is 22.3 Å². The standard InChI is InChI=1S/C31H32O8/c1-36-27-15-19(5-9-23(27)32)13-14-31(20-6-10-24(33)28(16-20)37-2,21-7-11-25(34)29(17-21)38-3)22-8-12-26(35)30(18-22)39-4/h5-12,15-18,32-35H,13-14H2,1-4H3. The zero-order valence-corrected chi connectivity index (χ0v) is 22.3. The molecule has 0 amide bonds. The zero-order valence-electron chi connectivity index (χ0n) is 22.3. The lowest BCUT2D eigenvalue weighted by atomic mass is 9.66. The minimum atomic E-state index is -0.909. The number of benzene rings is 4. The highest BCUT2D eigenvalue weighted by Crippen LogP contribution is 2.48. The monoisotopic (exact) mass is 532 g/mol. The van der Waals surface area contributed by atoms with Crippen molar-refractivity contribution in [3.63, 3.8) is 0 Å². The summed E-state index contributed by atoms with van der Waals surface area (Å²) in [6, 6.07) is 20.7. The molecule has 0 bridgehead atoms. The fourth-order valence-corrected chi connectivity index (χ4v) is 4.97. The van der Waals surface area contributed by atoms with Gasteiger partial charge < -0.3 is 39.4 Å². The number of rotatable bonds is 10. The molecule has 0 saturated carbocycles. The maximum Gasteiger partial charge on any atom is 0.160 e. The van der Waals surface area contributed by atoms with Crippen LogP contribution in [-0.2, 0) is 11.8 Å². The number of phenolic OH excluding ortho intramolecular Hbond substituents is 4. The molecule has 0 spiro atoms. The molecule has 0 unspecified atom stereocenters. The zero-order chi connectivity index (χ0) is 28.2. The molecule has 204 valence electrons. The first-order valence-corrected chi connectivity index (χ1v) is 12.3. The van der Waals surface area contributed by atoms with Crippen LogP contribution in [0.1, 0.15) is 28.7 Å². The van der Waals surface area contributed by atoms with Crippen LogP contribution >= 0.6 is 0 Å². The summed E-state index contributed by atoms with van der Waals surface area (Å²) in [6.45, 7) is 0. The van der Waals surface area contributed by atoms with Gasteiger partial charge in [0, 0.05) is 5.41 Å². The number of aryl methyl sites for hydroxylation is 1. The van der Waals surface area contributed by atoms with Crippen LogP contribution in [0.25, 0.3) is 0 Å². The molecule has 0 aromatic heterocycles. The van der Waals surface area contributed by atoms with E-state index >= 15 is 0 Å². The van der Waals surface area contributed by atoms with E-state index in [9.17, 15) is 20.4 Å². The molecule has 0 aliphatic carbocycles. The maximum absolute atomic E-state index is 10.4. The summed E-state index contributed by atoms with van der Waals surface area (Å²) in [5, 5.41) is 41.3. The van der Waals surface area contributed by atoms with Gasteiger partial charge in [-0.05, 0) is 83.6 Å². The van der Waals surface area contributed by atoms with E-state index in [-0.39, 0.29) is 23.0 Å². The van der Waals surface area contributed by atoms with Crippen LogP contribution in [0.15, 0.2) is 72.8 Å². The second-order valence-electron chi connectivity index (χ2n) is 9.07. The predicted molar refractivity (Wildman–Crippen MR) is 147 cm³/mol. The third-order valence-corrected chi connectivity index (χ3v) is 7.05. The lowest BCUT2D eigenvalue weighted by molar-refractivity contribution is 0.368. The number of hydrogen-bond acceptors (Lipinski definition) is 8. The summed E-state index contributed by atoms with van der Waals surface area (Å²) in [6.07, 6.45) is 1.02. The molecule has 4 aromatic rings. The maximum atomic E-state index is 10.4. The van der Waals surface area contributed by atoms with Crippen LogP contribution < -0.4 is 18.9 Å². The van der Waals surface area contributed by atoms with Gasteiger partial charge in [-0.1, -0.05) is 24.3 Å². The Morgan fingerprint density at radius 2 is 0.821 bits per heavy atom. The van der Waals surface area contributed by atoms with Crippen LogP contribution in [-0.4, -0.2) is 48.9 Å². The molecule has 39 heavy (non-hydrogen) atoms. The first-order valence-electron chi connectivity index (χ1n) is 12.3. The number of aromatic hydroxyl groups is 4. The molecule has 0 saturated heterocycles. The van der Waals surface area contributed by atoms with E-state index < -0.39 is 5.41 Å². The van der Waals surface area contributed by atoms with Crippen LogP contribution in [0.3, 0.4) is 0 Å². The van der Waals surface area contributed by atoms with Gasteiger partial charge in [0.05, 0.1) is 28.4 Å². The lowest BCUT2D eigenvalue weighted by Gasteiger charge is -2.37. The normalized spacial score (nSPS) is 11.2. The van der Waals surface area contributed by atoms with E-state index in [0.29, 0.717) is 35.8 Å². The van der Waals surface area contributed by atoms with Gasteiger partial charge in [0.15, 0.2) is 46.0 Å². The SMILES string of the molecule is COc1cc(CCC(c2ccc(O)c(OC)c2)(c2ccc(O)c(OC)c2)c2ccc(O)c(OC)c2)ccc1O. The van der Waals surface area contributed by atoms with E-state index in [1.54, 1.807) is 48.5 Å². The first kappa shape index (κ1) is 27.3. The Balaban J connectivity index is 2.03. The van der Waals surface area contributed by atoms with E-state index in [4.69, 9.17) is 18.9 Å². The Labute approximate surface area is 227 Å². The van der Waals surface area contributed by atoms with Gasteiger partial charge in [0.25, 0.3) is 0 Å². The minimum Gasteiger partial charge on any atom is -0.504 e. The van der Waals surface area contributed by atoms with Crippen molar-refractivity contribution in [3.05, 3.63) is 95.1 Å². The van der Waals surface area contributed by atoms with Crippen molar-refractivity contribution in [1.29, 1.82) is 0 Å². The van der Waals surface area contributed by atoms with E-state index in [2.05, 4.69) is 0 Å². The van der Waals surface area contributed by atoms with Gasteiger partial charge in [0.2, 0.25) is 0 Å². The summed E-state index contributed by atoms with van der Waals surface area (Å²) in [4.78, 5) is 0. The van der Waals surface area contributed by atoms with Gasteiger partial charge in [-0.2, -0.15) is 0 Å². The van der Waals surface area contributed by atoms with E-state index in [1.807, 2.05) is 24.3 Å². The Morgan fingerprint density at radius 1 is 0.487 bits per heavy atom. The van der Waals surface area contributed by atoms with Crippen LogP contribution in [0.5, 0.6) is 46.0 Å². The average molecular weight is 533 g/mol. The smallest absolute Gasteiger partial charge is 0.160 e. The van der Waals surface area contributed by atoms with Crippen molar-refractivity contribution >= 4 is 0 Å². The summed E-state index contributed by atoms with van der Waals surface area (Å²) < 4.78 is 21.7. The lowest BCUT2D eigenvalue weighted by Crippen LogP contribution is -2.30. The molecule has 0 aliphatic heterocycles. The largest absolute Gasteiger partial charge is 0.504 e. The third kappa shape index (κ3) is 5.18. The number of ether oxygens (including phenoxy) is 4. The fourth-order valence-electron chi connectivity index (χ4n) is 4.97. The van der Waals surface area contributed by atoms with Gasteiger partial charge in [-0.25, -0.2) is 0 Å². The highest BCUT2D eigenvalue weighted by molar-refractivity contribution is 5.59. The molecule has 0 fully saturated rings. The molecule has 4 rings (SSSR count). The molecule has 0 atom stereocenters. The van der Waals surface area contributed by atoms with Crippen molar-refractivity contribution < 1.29 is 39.4 Å². The molecule has 8 heteroatoms. The van der Waals surface area contributed by atoms with Crippen LogP contribution in [0.2, 0.25) is 0 Å².